The zero-order valence-electron chi connectivity index (χ0n) is 11.0. The molecule has 1 aromatic rings. The lowest BCUT2D eigenvalue weighted by Crippen LogP contribution is -2.48. The Labute approximate surface area is 128 Å². The number of primary amides is 1. The van der Waals surface area contributed by atoms with Crippen LogP contribution in [0.3, 0.4) is 0 Å². The topological polar surface area (TPSA) is 92.9 Å². The van der Waals surface area contributed by atoms with Crippen LogP contribution >= 0.6 is 15.9 Å². The summed E-state index contributed by atoms with van der Waals surface area (Å²) in [6, 6.07) is 4.68. The number of alkyl halides is 1. The Kier molecular flexibility index (Phi) is 4.66. The van der Waals surface area contributed by atoms with Crippen LogP contribution in [-0.2, 0) is 0 Å². The molecule has 2 amide bonds. The van der Waals surface area contributed by atoms with Gasteiger partial charge in [-0.1, -0.05) is 15.9 Å². The van der Waals surface area contributed by atoms with Crippen molar-refractivity contribution in [3.8, 4) is 5.75 Å². The number of hydrogen-bond acceptors (Lipinski definition) is 3. The van der Waals surface area contributed by atoms with Crippen LogP contribution in [0.25, 0.3) is 0 Å². The second kappa shape index (κ2) is 6.30. The summed E-state index contributed by atoms with van der Waals surface area (Å²) in [5.41, 5.74) is 5.42. The van der Waals surface area contributed by atoms with Gasteiger partial charge >= 0.3 is 6.09 Å². The maximum atomic E-state index is 14.0. The second-order valence-corrected chi connectivity index (χ2v) is 5.61. The summed E-state index contributed by atoms with van der Waals surface area (Å²) < 4.78 is 20.2. The molecular formula is C13H14BrFN2O4. The van der Waals surface area contributed by atoms with E-state index in [2.05, 4.69) is 15.9 Å². The zero-order valence-corrected chi connectivity index (χ0v) is 12.5. The average molecular weight is 361 g/mol. The van der Waals surface area contributed by atoms with Gasteiger partial charge in [0.25, 0.3) is 5.91 Å². The molecule has 6 nitrogen and oxygen atoms in total. The number of amides is 2. The Morgan fingerprint density at radius 1 is 1.48 bits per heavy atom. The summed E-state index contributed by atoms with van der Waals surface area (Å²) in [6.45, 7) is -0.0642. The Morgan fingerprint density at radius 3 is 2.76 bits per heavy atom. The molecule has 0 bridgehead atoms. The van der Waals surface area contributed by atoms with Gasteiger partial charge in [0, 0.05) is 17.4 Å². The Hall–Kier alpha value is -1.83. The van der Waals surface area contributed by atoms with Crippen molar-refractivity contribution in [2.24, 2.45) is 5.73 Å². The molecule has 2 rings (SSSR count). The van der Waals surface area contributed by atoms with E-state index in [1.54, 1.807) is 6.07 Å². The molecule has 1 saturated heterocycles. The number of ether oxygens (including phenoxy) is 1. The van der Waals surface area contributed by atoms with Gasteiger partial charge in [0.15, 0.2) is 6.17 Å². The van der Waals surface area contributed by atoms with Gasteiger partial charge in [-0.15, -0.1) is 0 Å². The first-order valence-corrected chi connectivity index (χ1v) is 7.05. The summed E-state index contributed by atoms with van der Waals surface area (Å²) in [4.78, 5) is 23.2. The van der Waals surface area contributed by atoms with Gasteiger partial charge < -0.3 is 20.5 Å². The molecule has 2 atom stereocenters. The van der Waals surface area contributed by atoms with E-state index in [9.17, 15) is 14.0 Å². The van der Waals surface area contributed by atoms with Gasteiger partial charge in [0.1, 0.15) is 11.9 Å². The lowest BCUT2D eigenvalue weighted by molar-refractivity contribution is 0.0245. The molecule has 0 radical (unpaired) electrons. The molecule has 114 valence electrons. The van der Waals surface area contributed by atoms with Gasteiger partial charge in [-0.3, -0.25) is 4.79 Å². The third-order valence-electron chi connectivity index (χ3n) is 3.24. The summed E-state index contributed by atoms with van der Waals surface area (Å²) >= 11 is 3.22. The molecule has 8 heteroatoms. The first kappa shape index (κ1) is 15.6. The Morgan fingerprint density at radius 2 is 2.19 bits per heavy atom. The van der Waals surface area contributed by atoms with E-state index in [0.29, 0.717) is 4.47 Å². The molecule has 3 N–H and O–H groups in total. The SMILES string of the molecule is NC(=O)c1cc(Br)ccc1O[C@H]1CCN(C(=O)O)C[C@@H]1F. The molecule has 0 aromatic heterocycles. The molecule has 1 aliphatic heterocycles. The normalized spacial score (nSPS) is 21.9. The van der Waals surface area contributed by atoms with Gasteiger partial charge in [-0.25, -0.2) is 9.18 Å². The summed E-state index contributed by atoms with van der Waals surface area (Å²) in [5.74, 6) is -0.480. The third-order valence-corrected chi connectivity index (χ3v) is 3.73. The summed E-state index contributed by atoms with van der Waals surface area (Å²) in [6.07, 6.45) is -3.21. The molecule has 0 aliphatic carbocycles. The number of hydrogen-bond donors (Lipinski definition) is 2. The van der Waals surface area contributed by atoms with Crippen LogP contribution in [0.2, 0.25) is 0 Å². The quantitative estimate of drug-likeness (QED) is 0.862. The number of carbonyl (C=O) groups excluding carboxylic acids is 1. The van der Waals surface area contributed by atoms with Crippen molar-refractivity contribution in [2.75, 3.05) is 13.1 Å². The van der Waals surface area contributed by atoms with Crippen LogP contribution in [-0.4, -0.2) is 47.4 Å². The molecule has 1 aliphatic rings. The van der Waals surface area contributed by atoms with E-state index in [1.807, 2.05) is 0 Å². The van der Waals surface area contributed by atoms with Crippen molar-refractivity contribution >= 4 is 27.9 Å². The number of likely N-dealkylation sites (tertiary alicyclic amines) is 1. The predicted molar refractivity (Wildman–Crippen MR) is 76.2 cm³/mol. The van der Waals surface area contributed by atoms with Crippen molar-refractivity contribution in [1.29, 1.82) is 0 Å². The van der Waals surface area contributed by atoms with E-state index in [1.165, 1.54) is 12.1 Å². The lowest BCUT2D eigenvalue weighted by atomic mass is 10.1. The number of piperidine rings is 1. The molecule has 0 saturated carbocycles. The molecule has 1 aromatic carbocycles. The van der Waals surface area contributed by atoms with E-state index in [4.69, 9.17) is 15.6 Å². The number of halogens is 2. The fraction of sp³-hybridized carbons (Fsp3) is 0.385. The van der Waals surface area contributed by atoms with Gasteiger partial charge in [0.2, 0.25) is 0 Å². The minimum absolute atomic E-state index is 0.150. The number of carbonyl (C=O) groups is 2. The number of nitrogens with two attached hydrogens (primary N) is 1. The third kappa shape index (κ3) is 3.63. The molecule has 1 heterocycles. The predicted octanol–water partition coefficient (Wildman–Crippen LogP) is 2.02. The van der Waals surface area contributed by atoms with Crippen LogP contribution < -0.4 is 10.5 Å². The van der Waals surface area contributed by atoms with Crippen LogP contribution in [0.1, 0.15) is 16.8 Å². The number of rotatable bonds is 3. The fourth-order valence-electron chi connectivity index (χ4n) is 2.15. The average Bonchev–Trinajstić information content (AvgIpc) is 2.42. The van der Waals surface area contributed by atoms with E-state index in [-0.39, 0.29) is 30.8 Å². The minimum Gasteiger partial charge on any atom is -0.486 e. The van der Waals surface area contributed by atoms with E-state index < -0.39 is 24.3 Å². The van der Waals surface area contributed by atoms with Crippen LogP contribution in [0.15, 0.2) is 22.7 Å². The highest BCUT2D eigenvalue weighted by Gasteiger charge is 2.33. The lowest BCUT2D eigenvalue weighted by Gasteiger charge is -2.33. The van der Waals surface area contributed by atoms with Crippen LogP contribution in [0.5, 0.6) is 5.75 Å². The van der Waals surface area contributed by atoms with E-state index in [0.717, 1.165) is 4.90 Å². The van der Waals surface area contributed by atoms with Crippen molar-refractivity contribution in [1.82, 2.24) is 4.90 Å². The highest BCUT2D eigenvalue weighted by atomic mass is 79.9. The molecule has 21 heavy (non-hydrogen) atoms. The first-order valence-electron chi connectivity index (χ1n) is 6.26. The molecular weight excluding hydrogens is 347 g/mol. The zero-order chi connectivity index (χ0) is 15.6. The monoisotopic (exact) mass is 360 g/mol. The highest BCUT2D eigenvalue weighted by molar-refractivity contribution is 9.10. The number of nitrogens with zero attached hydrogens (tertiary/aromatic N) is 1. The molecule has 0 spiro atoms. The van der Waals surface area contributed by atoms with Gasteiger partial charge in [-0.05, 0) is 18.2 Å². The Bertz CT molecular complexity index is 569. The van der Waals surface area contributed by atoms with Crippen LogP contribution in [0.4, 0.5) is 9.18 Å². The smallest absolute Gasteiger partial charge is 0.407 e. The van der Waals surface area contributed by atoms with Gasteiger partial charge in [-0.2, -0.15) is 0 Å². The fourth-order valence-corrected chi connectivity index (χ4v) is 2.51. The maximum absolute atomic E-state index is 14.0. The summed E-state index contributed by atoms with van der Waals surface area (Å²) in [7, 11) is 0. The summed E-state index contributed by atoms with van der Waals surface area (Å²) in [5, 5.41) is 8.83. The first-order chi connectivity index (χ1) is 9.88. The molecule has 0 unspecified atom stereocenters. The largest absolute Gasteiger partial charge is 0.486 e. The Balaban J connectivity index is 2.12. The maximum Gasteiger partial charge on any atom is 0.407 e. The van der Waals surface area contributed by atoms with Crippen molar-refractivity contribution in [2.45, 2.75) is 18.7 Å². The van der Waals surface area contributed by atoms with E-state index >= 15 is 0 Å². The minimum atomic E-state index is -1.46. The van der Waals surface area contributed by atoms with Gasteiger partial charge in [0.05, 0.1) is 12.1 Å². The number of benzene rings is 1. The number of carboxylic acid groups (broad SMARTS) is 1. The van der Waals surface area contributed by atoms with Crippen molar-refractivity contribution in [3.05, 3.63) is 28.2 Å². The van der Waals surface area contributed by atoms with Crippen molar-refractivity contribution in [3.63, 3.8) is 0 Å². The van der Waals surface area contributed by atoms with Crippen molar-refractivity contribution < 1.29 is 23.8 Å². The van der Waals surface area contributed by atoms with Crippen LogP contribution in [0, 0.1) is 0 Å². The second-order valence-electron chi connectivity index (χ2n) is 4.69. The highest BCUT2D eigenvalue weighted by Crippen LogP contribution is 2.27. The molecule has 1 fully saturated rings. The standard InChI is InChI=1S/C13H14BrFN2O4/c14-7-1-2-10(8(5-7)12(16)18)21-11-3-4-17(13(19)20)6-9(11)15/h1-2,5,9,11H,3-4,6H2,(H2,16,18)(H,19,20)/t9-,11-/m0/s1.